The number of carbonyl (C=O) groups is 1. The second-order valence-corrected chi connectivity index (χ2v) is 13.2. The number of nitrogens with one attached hydrogen (secondary N) is 1. The number of anilines is 1. The molecule has 0 saturated carbocycles. The van der Waals surface area contributed by atoms with Crippen LogP contribution >= 0.6 is 11.3 Å². The molecule has 0 unspecified atom stereocenters. The lowest BCUT2D eigenvalue weighted by molar-refractivity contribution is -0.137. The third-order valence-electron chi connectivity index (χ3n) is 6.87. The number of benzene rings is 2. The molecule has 1 aliphatic heterocycles. The highest BCUT2D eigenvalue weighted by atomic mass is 32.2. The quantitative estimate of drug-likeness (QED) is 0.304. The van der Waals surface area contributed by atoms with Crippen molar-refractivity contribution in [2.45, 2.75) is 63.8 Å². The fourth-order valence-corrected chi connectivity index (χ4v) is 6.72. The Hall–Kier alpha value is -2.83. The lowest BCUT2D eigenvalue weighted by Gasteiger charge is -2.33. The van der Waals surface area contributed by atoms with Gasteiger partial charge in [-0.15, -0.1) is 11.3 Å². The Balaban J connectivity index is 1.47. The van der Waals surface area contributed by atoms with Gasteiger partial charge in [-0.25, -0.2) is 17.8 Å². The van der Waals surface area contributed by atoms with Crippen molar-refractivity contribution in [3.8, 4) is 0 Å². The normalized spacial score (nSPS) is 16.9. The van der Waals surface area contributed by atoms with Crippen molar-refractivity contribution in [2.24, 2.45) is 5.92 Å². The molecule has 2 aromatic carbocycles. The van der Waals surface area contributed by atoms with Crippen LogP contribution in [0.2, 0.25) is 0 Å². The number of nitrogens with zero attached hydrogens (tertiary/aromatic N) is 2. The highest BCUT2D eigenvalue weighted by Gasteiger charge is 2.40. The zero-order valence-corrected chi connectivity index (χ0v) is 23.5. The van der Waals surface area contributed by atoms with E-state index in [1.807, 2.05) is 18.7 Å². The zero-order valence-electron chi connectivity index (χ0n) is 21.8. The number of sulfone groups is 1. The van der Waals surface area contributed by atoms with Crippen LogP contribution < -0.4 is 5.32 Å². The summed E-state index contributed by atoms with van der Waals surface area (Å²) in [7, 11) is -3.32. The molecule has 0 spiro atoms. The van der Waals surface area contributed by atoms with Crippen molar-refractivity contribution in [1.82, 2.24) is 9.88 Å². The van der Waals surface area contributed by atoms with Crippen molar-refractivity contribution in [2.75, 3.05) is 11.1 Å². The third kappa shape index (κ3) is 6.17. The van der Waals surface area contributed by atoms with Gasteiger partial charge in [0.2, 0.25) is 5.91 Å². The van der Waals surface area contributed by atoms with E-state index in [4.69, 9.17) is 0 Å². The molecule has 6 nitrogen and oxygen atoms in total. The standard InChI is InChI=1S/C27H29F4N3O3S2/c1-5-39(36,37)19-9-6-17(7-10-19)12-23(35)32-26-33-24-22(38-26)14-34(25(24)15(2)3)16(4)20-11-8-18(13-21(20)28)27(29,30)31/h6-11,13,15-16,25H,5,12,14H2,1-4H3,(H,32,33,35)/t16-,25-/m0/s1. The molecule has 0 fully saturated rings. The summed E-state index contributed by atoms with van der Waals surface area (Å²) in [5.74, 6) is -1.15. The smallest absolute Gasteiger partial charge is 0.302 e. The van der Waals surface area contributed by atoms with Crippen molar-refractivity contribution < 1.29 is 30.8 Å². The van der Waals surface area contributed by atoms with E-state index < -0.39 is 33.4 Å². The Bertz CT molecular complexity index is 1470. The minimum absolute atomic E-state index is 0.00555. The Labute approximate surface area is 229 Å². The highest BCUT2D eigenvalue weighted by molar-refractivity contribution is 7.91. The fraction of sp³-hybridized carbons (Fsp3) is 0.407. The molecule has 1 aromatic heterocycles. The summed E-state index contributed by atoms with van der Waals surface area (Å²) in [6.07, 6.45) is -4.58. The van der Waals surface area contributed by atoms with Crippen molar-refractivity contribution >= 4 is 32.2 Å². The Kier molecular flexibility index (Phi) is 8.21. The molecule has 2 atom stereocenters. The van der Waals surface area contributed by atoms with Crippen LogP contribution in [0.5, 0.6) is 0 Å². The van der Waals surface area contributed by atoms with Crippen molar-refractivity contribution in [3.05, 3.63) is 75.5 Å². The number of aromatic nitrogens is 1. The van der Waals surface area contributed by atoms with E-state index in [0.29, 0.717) is 23.3 Å². The maximum atomic E-state index is 14.7. The maximum absolute atomic E-state index is 14.7. The number of thiazole rings is 1. The van der Waals surface area contributed by atoms with E-state index in [0.717, 1.165) is 16.6 Å². The number of halogens is 4. The highest BCUT2D eigenvalue weighted by Crippen LogP contribution is 2.46. The molecule has 1 amide bonds. The number of fused-ring (bicyclic) bond motifs is 1. The molecule has 0 saturated heterocycles. The Morgan fingerprint density at radius 2 is 1.82 bits per heavy atom. The first kappa shape index (κ1) is 29.2. The topological polar surface area (TPSA) is 79.4 Å². The number of rotatable bonds is 8. The van der Waals surface area contributed by atoms with Gasteiger partial charge in [-0.3, -0.25) is 9.69 Å². The fourth-order valence-electron chi connectivity index (χ4n) is 4.81. The summed E-state index contributed by atoms with van der Waals surface area (Å²) in [6.45, 7) is 7.72. The van der Waals surface area contributed by atoms with Gasteiger partial charge < -0.3 is 5.32 Å². The second-order valence-electron chi connectivity index (χ2n) is 9.87. The lowest BCUT2D eigenvalue weighted by atomic mass is 9.97. The zero-order chi connectivity index (χ0) is 28.7. The van der Waals surface area contributed by atoms with Gasteiger partial charge >= 0.3 is 6.18 Å². The van der Waals surface area contributed by atoms with Crippen LogP contribution in [0.25, 0.3) is 0 Å². The first-order valence-electron chi connectivity index (χ1n) is 12.4. The van der Waals surface area contributed by atoms with Crippen molar-refractivity contribution in [1.29, 1.82) is 0 Å². The number of alkyl halides is 3. The molecule has 0 aliphatic carbocycles. The molecule has 0 radical (unpaired) electrons. The Morgan fingerprint density at radius 3 is 2.38 bits per heavy atom. The first-order valence-corrected chi connectivity index (χ1v) is 14.9. The molecule has 2 heterocycles. The van der Waals surface area contributed by atoms with Crippen LogP contribution in [0, 0.1) is 11.7 Å². The van der Waals surface area contributed by atoms with E-state index in [-0.39, 0.29) is 40.5 Å². The summed E-state index contributed by atoms with van der Waals surface area (Å²) in [6, 6.07) is 8.10. The van der Waals surface area contributed by atoms with E-state index in [1.165, 1.54) is 29.5 Å². The SMILES string of the molecule is CCS(=O)(=O)c1ccc(CC(=O)Nc2nc3c(s2)CN([C@@H](C)c2ccc(C(F)(F)F)cc2F)[C@H]3C(C)C)cc1. The molecule has 4 rings (SSSR count). The largest absolute Gasteiger partial charge is 0.416 e. The average Bonchev–Trinajstić information content (AvgIpc) is 3.40. The molecular weight excluding hydrogens is 554 g/mol. The molecular formula is C27H29F4N3O3S2. The lowest BCUT2D eigenvalue weighted by Crippen LogP contribution is -2.30. The van der Waals surface area contributed by atoms with Gasteiger partial charge in [-0.2, -0.15) is 13.2 Å². The summed E-state index contributed by atoms with van der Waals surface area (Å²) in [5, 5.41) is 3.23. The number of hydrogen-bond donors (Lipinski definition) is 1. The number of hydrogen-bond acceptors (Lipinski definition) is 6. The minimum Gasteiger partial charge on any atom is -0.302 e. The van der Waals surface area contributed by atoms with Gasteiger partial charge in [0.05, 0.1) is 34.4 Å². The summed E-state index contributed by atoms with van der Waals surface area (Å²) < 4.78 is 77.7. The summed E-state index contributed by atoms with van der Waals surface area (Å²) in [5.41, 5.74) is 0.569. The van der Waals surface area contributed by atoms with Crippen LogP contribution in [-0.4, -0.2) is 30.0 Å². The van der Waals surface area contributed by atoms with Gasteiger partial charge in [-0.05, 0) is 42.7 Å². The van der Waals surface area contributed by atoms with Crippen LogP contribution in [0.4, 0.5) is 22.7 Å². The van der Waals surface area contributed by atoms with Gasteiger partial charge in [0.15, 0.2) is 15.0 Å². The predicted octanol–water partition coefficient (Wildman–Crippen LogP) is 6.55. The molecule has 39 heavy (non-hydrogen) atoms. The Morgan fingerprint density at radius 1 is 1.15 bits per heavy atom. The van der Waals surface area contributed by atoms with Crippen LogP contribution in [0.3, 0.4) is 0 Å². The molecule has 1 aliphatic rings. The van der Waals surface area contributed by atoms with E-state index in [9.17, 15) is 30.8 Å². The van der Waals surface area contributed by atoms with Crippen LogP contribution in [0.15, 0.2) is 47.4 Å². The first-order chi connectivity index (χ1) is 18.2. The molecule has 12 heteroatoms. The van der Waals surface area contributed by atoms with Crippen LogP contribution in [-0.2, 0) is 33.8 Å². The van der Waals surface area contributed by atoms with Crippen LogP contribution in [0.1, 0.15) is 67.0 Å². The van der Waals surface area contributed by atoms with Crippen molar-refractivity contribution in [3.63, 3.8) is 0 Å². The van der Waals surface area contributed by atoms with E-state index in [2.05, 4.69) is 10.3 Å². The third-order valence-corrected chi connectivity index (χ3v) is 9.59. The minimum atomic E-state index is -4.62. The van der Waals surface area contributed by atoms with Gasteiger partial charge in [0, 0.05) is 23.0 Å². The van der Waals surface area contributed by atoms with Gasteiger partial charge in [0.1, 0.15) is 5.82 Å². The molecule has 0 bridgehead atoms. The molecule has 1 N–H and O–H groups in total. The second kappa shape index (κ2) is 11.0. The predicted molar refractivity (Wildman–Crippen MR) is 142 cm³/mol. The average molecular weight is 584 g/mol. The molecule has 210 valence electrons. The maximum Gasteiger partial charge on any atom is 0.416 e. The van der Waals surface area contributed by atoms with E-state index in [1.54, 1.807) is 26.0 Å². The number of amides is 1. The van der Waals surface area contributed by atoms with E-state index >= 15 is 0 Å². The number of carbonyl (C=O) groups excluding carboxylic acids is 1. The summed E-state index contributed by atoms with van der Waals surface area (Å²) >= 11 is 1.31. The monoisotopic (exact) mass is 583 g/mol. The molecule has 3 aromatic rings. The van der Waals surface area contributed by atoms with Gasteiger partial charge in [-0.1, -0.05) is 39.0 Å². The summed E-state index contributed by atoms with van der Waals surface area (Å²) in [4.78, 5) is 20.4. The van der Waals surface area contributed by atoms with Gasteiger partial charge in [0.25, 0.3) is 0 Å².